The maximum atomic E-state index is 11.7. The number of carbonyl (C=O) groups is 1. The normalized spacial score (nSPS) is 10.9. The second-order valence-corrected chi connectivity index (χ2v) is 7.02. The van der Waals surface area contributed by atoms with Gasteiger partial charge in [0.1, 0.15) is 11.5 Å². The van der Waals surface area contributed by atoms with Crippen molar-refractivity contribution in [3.63, 3.8) is 0 Å². The van der Waals surface area contributed by atoms with Crippen molar-refractivity contribution < 1.29 is 14.6 Å². The SMILES string of the molecule is CCc1nc2sc3cc(Oc4ccccc4CN=[N+]=[N-])ccc3n2c1C(=O)O. The molecule has 0 saturated carbocycles. The number of imidazole rings is 1. The van der Waals surface area contributed by atoms with Crippen molar-refractivity contribution >= 4 is 32.5 Å². The van der Waals surface area contributed by atoms with Crippen molar-refractivity contribution in [1.82, 2.24) is 9.38 Å². The van der Waals surface area contributed by atoms with Crippen LogP contribution in [0.4, 0.5) is 0 Å². The zero-order chi connectivity index (χ0) is 19.7. The minimum absolute atomic E-state index is 0.198. The Balaban J connectivity index is 1.76. The first-order chi connectivity index (χ1) is 13.6. The standard InChI is InChI=1S/C19H15N5O3S/c1-2-13-17(18(25)26)24-14-8-7-12(9-16(14)28-19(24)22-13)27-15-6-4-3-5-11(15)10-21-23-20/h3-9H,2,10H2,1H3,(H,25,26). The summed E-state index contributed by atoms with van der Waals surface area (Å²) in [7, 11) is 0. The molecule has 0 bridgehead atoms. The molecule has 28 heavy (non-hydrogen) atoms. The second-order valence-electron chi connectivity index (χ2n) is 6.01. The number of rotatable bonds is 6. The summed E-state index contributed by atoms with van der Waals surface area (Å²) >= 11 is 1.41. The number of para-hydroxylation sites is 1. The van der Waals surface area contributed by atoms with Crippen LogP contribution in [0.1, 0.15) is 28.7 Å². The molecule has 0 amide bonds. The molecule has 1 N–H and O–H groups in total. The molecule has 2 aromatic carbocycles. The predicted octanol–water partition coefficient (Wildman–Crippen LogP) is 5.41. The third kappa shape index (κ3) is 3.02. The van der Waals surface area contributed by atoms with Gasteiger partial charge in [-0.15, -0.1) is 0 Å². The van der Waals surface area contributed by atoms with Gasteiger partial charge in [-0.3, -0.25) is 4.40 Å². The average Bonchev–Trinajstić information content (AvgIpc) is 3.22. The van der Waals surface area contributed by atoms with E-state index in [0.717, 1.165) is 15.8 Å². The molecule has 0 spiro atoms. The lowest BCUT2D eigenvalue weighted by Crippen LogP contribution is -2.04. The number of carboxylic acid groups (broad SMARTS) is 1. The number of fused-ring (bicyclic) bond motifs is 3. The number of nitrogens with zero attached hydrogens (tertiary/aromatic N) is 5. The number of aryl methyl sites for hydroxylation is 1. The van der Waals surface area contributed by atoms with Gasteiger partial charge in [0, 0.05) is 16.5 Å². The largest absolute Gasteiger partial charge is 0.477 e. The Hall–Kier alpha value is -3.55. The molecular formula is C19H15N5O3S. The third-order valence-corrected chi connectivity index (χ3v) is 5.34. The fourth-order valence-corrected chi connectivity index (χ4v) is 4.16. The Morgan fingerprint density at radius 1 is 1.36 bits per heavy atom. The van der Waals surface area contributed by atoms with Gasteiger partial charge in [-0.2, -0.15) is 0 Å². The predicted molar refractivity (Wildman–Crippen MR) is 106 cm³/mol. The molecule has 0 radical (unpaired) electrons. The number of carboxylic acids is 1. The van der Waals surface area contributed by atoms with Gasteiger partial charge in [-0.1, -0.05) is 41.6 Å². The van der Waals surface area contributed by atoms with E-state index >= 15 is 0 Å². The highest BCUT2D eigenvalue weighted by Crippen LogP contribution is 2.34. The van der Waals surface area contributed by atoms with E-state index in [1.807, 2.05) is 43.3 Å². The summed E-state index contributed by atoms with van der Waals surface area (Å²) in [4.78, 5) is 19.6. The second kappa shape index (κ2) is 7.22. The van der Waals surface area contributed by atoms with E-state index in [-0.39, 0.29) is 12.2 Å². The van der Waals surface area contributed by atoms with Crippen molar-refractivity contribution in [3.8, 4) is 11.5 Å². The van der Waals surface area contributed by atoms with Crippen LogP contribution in [-0.4, -0.2) is 20.5 Å². The first-order valence-electron chi connectivity index (χ1n) is 8.56. The Kier molecular flexibility index (Phi) is 4.60. The lowest BCUT2D eigenvalue weighted by Gasteiger charge is -2.09. The molecule has 0 unspecified atom stereocenters. The summed E-state index contributed by atoms with van der Waals surface area (Å²) in [6, 6.07) is 12.8. The summed E-state index contributed by atoms with van der Waals surface area (Å²) in [5, 5.41) is 13.2. The number of ether oxygens (including phenoxy) is 1. The van der Waals surface area contributed by atoms with E-state index in [9.17, 15) is 9.90 Å². The first kappa shape index (κ1) is 17.8. The zero-order valence-corrected chi connectivity index (χ0v) is 15.7. The van der Waals surface area contributed by atoms with Crippen LogP contribution < -0.4 is 4.74 Å². The topological polar surface area (TPSA) is 113 Å². The van der Waals surface area contributed by atoms with Gasteiger partial charge in [0.05, 0.1) is 22.5 Å². The van der Waals surface area contributed by atoms with Crippen LogP contribution in [0.25, 0.3) is 25.6 Å². The summed E-state index contributed by atoms with van der Waals surface area (Å²) in [6.45, 7) is 2.09. The number of azide groups is 1. The Bertz CT molecular complexity index is 1250. The fraction of sp³-hybridized carbons (Fsp3) is 0.158. The van der Waals surface area contributed by atoms with Gasteiger partial charge >= 0.3 is 5.97 Å². The molecular weight excluding hydrogens is 378 g/mol. The number of hydrogen-bond donors (Lipinski definition) is 1. The Morgan fingerprint density at radius 3 is 2.93 bits per heavy atom. The third-order valence-electron chi connectivity index (χ3n) is 4.33. The van der Waals surface area contributed by atoms with Gasteiger partial charge < -0.3 is 9.84 Å². The van der Waals surface area contributed by atoms with Crippen molar-refractivity contribution in [2.24, 2.45) is 5.11 Å². The molecule has 8 nitrogen and oxygen atoms in total. The van der Waals surface area contributed by atoms with Gasteiger partial charge in [-0.25, -0.2) is 9.78 Å². The summed E-state index contributed by atoms with van der Waals surface area (Å²) in [5.74, 6) is 0.226. The molecule has 9 heteroatoms. The number of thiazole rings is 1. The average molecular weight is 393 g/mol. The molecule has 140 valence electrons. The van der Waals surface area contributed by atoms with Crippen LogP contribution in [0.3, 0.4) is 0 Å². The van der Waals surface area contributed by atoms with Gasteiger partial charge in [-0.05, 0) is 30.2 Å². The highest BCUT2D eigenvalue weighted by Gasteiger charge is 2.21. The first-order valence-corrected chi connectivity index (χ1v) is 9.37. The molecule has 0 fully saturated rings. The minimum atomic E-state index is -0.989. The van der Waals surface area contributed by atoms with Crippen LogP contribution in [0.15, 0.2) is 47.6 Å². The highest BCUT2D eigenvalue weighted by molar-refractivity contribution is 7.23. The lowest BCUT2D eigenvalue weighted by molar-refractivity contribution is 0.0688. The van der Waals surface area contributed by atoms with Crippen molar-refractivity contribution in [1.29, 1.82) is 0 Å². The monoisotopic (exact) mass is 393 g/mol. The fourth-order valence-electron chi connectivity index (χ4n) is 3.09. The van der Waals surface area contributed by atoms with E-state index in [0.29, 0.717) is 28.6 Å². The minimum Gasteiger partial charge on any atom is -0.477 e. The van der Waals surface area contributed by atoms with E-state index in [1.54, 1.807) is 10.5 Å². The maximum absolute atomic E-state index is 11.7. The molecule has 4 rings (SSSR count). The number of aromatic carboxylic acids is 1. The molecule has 0 aliphatic rings. The van der Waals surface area contributed by atoms with Crippen molar-refractivity contribution in [3.05, 3.63) is 69.9 Å². The molecule has 0 aliphatic carbocycles. The van der Waals surface area contributed by atoms with Gasteiger partial charge in [0.25, 0.3) is 0 Å². The molecule has 4 aromatic rings. The summed E-state index contributed by atoms with van der Waals surface area (Å²) < 4.78 is 8.54. The number of benzene rings is 2. The Labute approximate surface area is 163 Å². The maximum Gasteiger partial charge on any atom is 0.354 e. The summed E-state index contributed by atoms with van der Waals surface area (Å²) in [6.07, 6.45) is 0.556. The van der Waals surface area contributed by atoms with Crippen molar-refractivity contribution in [2.45, 2.75) is 19.9 Å². The van der Waals surface area contributed by atoms with E-state index in [2.05, 4.69) is 15.0 Å². The molecule has 0 saturated heterocycles. The van der Waals surface area contributed by atoms with E-state index < -0.39 is 5.97 Å². The van der Waals surface area contributed by atoms with Crippen LogP contribution >= 0.6 is 11.3 Å². The Morgan fingerprint density at radius 2 is 2.18 bits per heavy atom. The van der Waals surface area contributed by atoms with Crippen LogP contribution in [-0.2, 0) is 13.0 Å². The zero-order valence-electron chi connectivity index (χ0n) is 14.9. The molecule has 2 heterocycles. The quantitative estimate of drug-likeness (QED) is 0.268. The smallest absolute Gasteiger partial charge is 0.354 e. The van der Waals surface area contributed by atoms with E-state index in [4.69, 9.17) is 10.3 Å². The van der Waals surface area contributed by atoms with Crippen LogP contribution in [0, 0.1) is 0 Å². The highest BCUT2D eigenvalue weighted by atomic mass is 32.1. The van der Waals surface area contributed by atoms with Gasteiger partial charge in [0.15, 0.2) is 10.7 Å². The molecule has 0 aliphatic heterocycles. The molecule has 0 atom stereocenters. The lowest BCUT2D eigenvalue weighted by atomic mass is 10.2. The van der Waals surface area contributed by atoms with Crippen LogP contribution in [0.2, 0.25) is 0 Å². The number of hydrogen-bond acceptors (Lipinski definition) is 5. The van der Waals surface area contributed by atoms with Gasteiger partial charge in [0.2, 0.25) is 0 Å². The van der Waals surface area contributed by atoms with E-state index in [1.165, 1.54) is 11.3 Å². The van der Waals surface area contributed by atoms with Crippen LogP contribution in [0.5, 0.6) is 11.5 Å². The van der Waals surface area contributed by atoms with Crippen molar-refractivity contribution in [2.75, 3.05) is 0 Å². The summed E-state index contributed by atoms with van der Waals surface area (Å²) in [5.41, 5.74) is 10.9. The molecule has 2 aromatic heterocycles. The number of aromatic nitrogens is 2.